The van der Waals surface area contributed by atoms with Gasteiger partial charge in [0.2, 0.25) is 5.91 Å². The minimum absolute atomic E-state index is 0.153. The Kier molecular flexibility index (Phi) is 6.60. The first kappa shape index (κ1) is 19.8. The number of nitrogens with one attached hydrogen (secondary N) is 1. The molecule has 5 nitrogen and oxygen atoms in total. The molecule has 0 aliphatic carbocycles. The fraction of sp³-hybridized carbons (Fsp3) is 0.190. The van der Waals surface area contributed by atoms with Crippen molar-refractivity contribution < 1.29 is 9.18 Å². The lowest BCUT2D eigenvalue weighted by molar-refractivity contribution is -0.118. The van der Waals surface area contributed by atoms with Gasteiger partial charge in [-0.25, -0.2) is 4.39 Å². The molecule has 1 aromatic heterocycles. The molecule has 3 aromatic rings. The number of hydrogen-bond acceptors (Lipinski definition) is 4. The molecule has 2 aromatic carbocycles. The third kappa shape index (κ3) is 4.86. The highest BCUT2D eigenvalue weighted by atomic mass is 32.2. The summed E-state index contributed by atoms with van der Waals surface area (Å²) in [6.45, 7) is 6.51. The standard InChI is InChI=1S/C21H21FN4OS/c1-3-11-26-20(16-9-6-7-15(2)12-16)24-25-21(26)28-14-19(27)23-13-17-8-4-5-10-18(17)22/h3-10,12H,1,11,13-14H2,2H3,(H,23,27). The number of halogens is 1. The van der Waals surface area contributed by atoms with Crippen LogP contribution in [0.5, 0.6) is 0 Å². The first-order valence-corrected chi connectivity index (χ1v) is 9.81. The Balaban J connectivity index is 1.66. The summed E-state index contributed by atoms with van der Waals surface area (Å²) in [6, 6.07) is 14.4. The van der Waals surface area contributed by atoms with E-state index >= 15 is 0 Å². The van der Waals surface area contributed by atoms with Gasteiger partial charge in [-0.05, 0) is 19.1 Å². The quantitative estimate of drug-likeness (QED) is 0.462. The lowest BCUT2D eigenvalue weighted by Crippen LogP contribution is -2.25. The topological polar surface area (TPSA) is 59.8 Å². The molecular formula is C21H21FN4OS. The molecular weight excluding hydrogens is 375 g/mol. The highest BCUT2D eigenvalue weighted by molar-refractivity contribution is 7.99. The van der Waals surface area contributed by atoms with Gasteiger partial charge in [0.15, 0.2) is 11.0 Å². The van der Waals surface area contributed by atoms with Crippen LogP contribution >= 0.6 is 11.8 Å². The van der Waals surface area contributed by atoms with Gasteiger partial charge in [-0.15, -0.1) is 16.8 Å². The Morgan fingerprint density at radius 2 is 2.07 bits per heavy atom. The second-order valence-electron chi connectivity index (χ2n) is 6.23. The van der Waals surface area contributed by atoms with Crippen molar-refractivity contribution in [3.63, 3.8) is 0 Å². The molecule has 1 N–H and O–H groups in total. The van der Waals surface area contributed by atoms with Gasteiger partial charge in [0.1, 0.15) is 5.82 Å². The Morgan fingerprint density at radius 3 is 2.82 bits per heavy atom. The van der Waals surface area contributed by atoms with E-state index in [9.17, 15) is 9.18 Å². The molecule has 3 rings (SSSR count). The van der Waals surface area contributed by atoms with Gasteiger partial charge in [-0.3, -0.25) is 9.36 Å². The van der Waals surface area contributed by atoms with Gasteiger partial charge in [-0.2, -0.15) is 0 Å². The zero-order valence-electron chi connectivity index (χ0n) is 15.6. The summed E-state index contributed by atoms with van der Waals surface area (Å²) in [5.41, 5.74) is 2.55. The lowest BCUT2D eigenvalue weighted by Gasteiger charge is -2.09. The van der Waals surface area contributed by atoms with Crippen molar-refractivity contribution in [3.05, 3.63) is 78.1 Å². The van der Waals surface area contributed by atoms with E-state index in [0.29, 0.717) is 17.3 Å². The number of aryl methyl sites for hydroxylation is 1. The molecule has 0 spiro atoms. The summed E-state index contributed by atoms with van der Waals surface area (Å²) in [4.78, 5) is 12.2. The van der Waals surface area contributed by atoms with Crippen molar-refractivity contribution in [1.82, 2.24) is 20.1 Å². The average Bonchev–Trinajstić information content (AvgIpc) is 3.09. The van der Waals surface area contributed by atoms with E-state index in [2.05, 4.69) is 22.1 Å². The van der Waals surface area contributed by atoms with E-state index in [-0.39, 0.29) is 24.0 Å². The van der Waals surface area contributed by atoms with Crippen molar-refractivity contribution in [3.8, 4) is 11.4 Å². The average molecular weight is 396 g/mol. The normalized spacial score (nSPS) is 10.6. The maximum Gasteiger partial charge on any atom is 0.230 e. The number of rotatable bonds is 8. The Bertz CT molecular complexity index is 986. The van der Waals surface area contributed by atoms with E-state index in [1.165, 1.54) is 17.8 Å². The maximum absolute atomic E-state index is 13.6. The van der Waals surface area contributed by atoms with Crippen LogP contribution in [0.15, 0.2) is 66.3 Å². The number of carbonyl (C=O) groups excluding carboxylic acids is 1. The van der Waals surface area contributed by atoms with E-state index in [4.69, 9.17) is 0 Å². The molecule has 0 aliphatic heterocycles. The number of allylic oxidation sites excluding steroid dienone is 1. The number of amides is 1. The lowest BCUT2D eigenvalue weighted by atomic mass is 10.1. The third-order valence-electron chi connectivity index (χ3n) is 4.07. The van der Waals surface area contributed by atoms with Crippen LogP contribution in [-0.2, 0) is 17.9 Å². The monoisotopic (exact) mass is 396 g/mol. The van der Waals surface area contributed by atoms with Crippen molar-refractivity contribution >= 4 is 17.7 Å². The Labute approximate surface area is 167 Å². The SMILES string of the molecule is C=CCn1c(SCC(=O)NCc2ccccc2F)nnc1-c1cccc(C)c1. The van der Waals surface area contributed by atoms with Crippen molar-refractivity contribution in [1.29, 1.82) is 0 Å². The van der Waals surface area contributed by atoms with Crippen LogP contribution in [0.25, 0.3) is 11.4 Å². The molecule has 1 amide bonds. The Hall–Kier alpha value is -2.93. The van der Waals surface area contributed by atoms with Crippen molar-refractivity contribution in [2.75, 3.05) is 5.75 Å². The third-order valence-corrected chi connectivity index (χ3v) is 5.04. The first-order chi connectivity index (χ1) is 13.6. The highest BCUT2D eigenvalue weighted by Gasteiger charge is 2.15. The maximum atomic E-state index is 13.6. The summed E-state index contributed by atoms with van der Waals surface area (Å²) in [5.74, 6) is 0.373. The predicted octanol–water partition coefficient (Wildman–Crippen LogP) is 3.99. The van der Waals surface area contributed by atoms with Gasteiger partial charge in [-0.1, -0.05) is 59.8 Å². The second-order valence-corrected chi connectivity index (χ2v) is 7.17. The molecule has 0 bridgehead atoms. The van der Waals surface area contributed by atoms with E-state index in [1.54, 1.807) is 24.3 Å². The van der Waals surface area contributed by atoms with Crippen LogP contribution in [0.1, 0.15) is 11.1 Å². The number of hydrogen-bond donors (Lipinski definition) is 1. The van der Waals surface area contributed by atoms with E-state index in [1.807, 2.05) is 35.8 Å². The second kappa shape index (κ2) is 9.32. The molecule has 28 heavy (non-hydrogen) atoms. The van der Waals surface area contributed by atoms with E-state index in [0.717, 1.165) is 17.0 Å². The molecule has 0 atom stereocenters. The molecule has 7 heteroatoms. The fourth-order valence-corrected chi connectivity index (χ4v) is 3.48. The molecule has 0 saturated heterocycles. The number of benzene rings is 2. The summed E-state index contributed by atoms with van der Waals surface area (Å²) < 4.78 is 15.6. The van der Waals surface area contributed by atoms with Crippen LogP contribution in [0.4, 0.5) is 4.39 Å². The molecule has 0 radical (unpaired) electrons. The van der Waals surface area contributed by atoms with Crippen LogP contribution in [0.3, 0.4) is 0 Å². The molecule has 0 aliphatic rings. The van der Waals surface area contributed by atoms with Crippen molar-refractivity contribution in [2.45, 2.75) is 25.2 Å². The van der Waals surface area contributed by atoms with E-state index < -0.39 is 0 Å². The van der Waals surface area contributed by atoms with Gasteiger partial charge >= 0.3 is 0 Å². The summed E-state index contributed by atoms with van der Waals surface area (Å²) in [6.07, 6.45) is 1.77. The zero-order valence-corrected chi connectivity index (χ0v) is 16.4. The summed E-state index contributed by atoms with van der Waals surface area (Å²) in [7, 11) is 0. The molecule has 0 fully saturated rings. The van der Waals surface area contributed by atoms with Crippen LogP contribution in [-0.4, -0.2) is 26.4 Å². The minimum Gasteiger partial charge on any atom is -0.351 e. The molecule has 144 valence electrons. The van der Waals surface area contributed by atoms with Gasteiger partial charge < -0.3 is 5.32 Å². The number of aromatic nitrogens is 3. The molecule has 0 saturated carbocycles. The largest absolute Gasteiger partial charge is 0.351 e. The van der Waals surface area contributed by atoms with Crippen molar-refractivity contribution in [2.24, 2.45) is 0 Å². The predicted molar refractivity (Wildman–Crippen MR) is 109 cm³/mol. The summed E-state index contributed by atoms with van der Waals surface area (Å²) in [5, 5.41) is 11.9. The van der Waals surface area contributed by atoms with Crippen LogP contribution < -0.4 is 5.32 Å². The minimum atomic E-state index is -0.330. The van der Waals surface area contributed by atoms with Crippen LogP contribution in [0, 0.1) is 12.7 Å². The fourth-order valence-electron chi connectivity index (χ4n) is 2.70. The zero-order chi connectivity index (χ0) is 19.9. The number of nitrogens with zero attached hydrogens (tertiary/aromatic N) is 3. The van der Waals surface area contributed by atoms with Gasteiger partial charge in [0.25, 0.3) is 0 Å². The highest BCUT2D eigenvalue weighted by Crippen LogP contribution is 2.24. The van der Waals surface area contributed by atoms with Crippen LogP contribution in [0.2, 0.25) is 0 Å². The number of carbonyl (C=O) groups is 1. The first-order valence-electron chi connectivity index (χ1n) is 8.82. The smallest absolute Gasteiger partial charge is 0.230 e. The van der Waals surface area contributed by atoms with Gasteiger partial charge in [0, 0.05) is 24.2 Å². The Morgan fingerprint density at radius 1 is 1.25 bits per heavy atom. The molecule has 1 heterocycles. The van der Waals surface area contributed by atoms with Gasteiger partial charge in [0.05, 0.1) is 5.75 Å². The molecule has 0 unspecified atom stereocenters. The number of thioether (sulfide) groups is 1. The summed E-state index contributed by atoms with van der Waals surface area (Å²) >= 11 is 1.29.